The van der Waals surface area contributed by atoms with Crippen LogP contribution in [-0.4, -0.2) is 20.6 Å². The van der Waals surface area contributed by atoms with E-state index in [1.807, 2.05) is 0 Å². The number of anilines is 1. The summed E-state index contributed by atoms with van der Waals surface area (Å²) in [6.45, 7) is -0.372. The molecule has 11 heteroatoms. The molecule has 1 aromatic heterocycles. The molecule has 1 heterocycles. The molecule has 0 atom stereocenters. The van der Waals surface area contributed by atoms with Crippen LogP contribution in [0.5, 0.6) is 5.75 Å². The zero-order valence-corrected chi connectivity index (χ0v) is 18.5. The Balaban J connectivity index is 1.75. The van der Waals surface area contributed by atoms with E-state index in [9.17, 15) is 27.9 Å². The summed E-state index contributed by atoms with van der Waals surface area (Å²) in [6.07, 6.45) is -3.43. The van der Waals surface area contributed by atoms with Gasteiger partial charge in [0.15, 0.2) is 5.75 Å². The van der Waals surface area contributed by atoms with Gasteiger partial charge in [0, 0.05) is 5.56 Å². The third kappa shape index (κ3) is 4.57. The number of alkyl halides is 3. The molecular weight excluding hydrogens is 494 g/mol. The first-order valence-electron chi connectivity index (χ1n) is 9.69. The fraction of sp³-hybridized carbons (Fsp3) is 0.0870. The lowest BCUT2D eigenvalue weighted by atomic mass is 10.1. The molecule has 0 spiro atoms. The van der Waals surface area contributed by atoms with Gasteiger partial charge >= 0.3 is 6.18 Å². The van der Waals surface area contributed by atoms with Crippen LogP contribution in [0.1, 0.15) is 21.5 Å². The number of aromatic nitrogens is 2. The van der Waals surface area contributed by atoms with Gasteiger partial charge in [0.05, 0.1) is 45.1 Å². The van der Waals surface area contributed by atoms with Crippen LogP contribution in [0.3, 0.4) is 0 Å². The second kappa shape index (κ2) is 9.00. The fourth-order valence-corrected chi connectivity index (χ4v) is 3.91. The number of carbonyl (C=O) groups is 1. The van der Waals surface area contributed by atoms with E-state index in [0.717, 1.165) is 17.0 Å². The van der Waals surface area contributed by atoms with Crippen LogP contribution in [0.2, 0.25) is 10.0 Å². The molecule has 0 unspecified atom stereocenters. The monoisotopic (exact) mass is 507 g/mol. The van der Waals surface area contributed by atoms with Crippen molar-refractivity contribution in [1.82, 2.24) is 9.55 Å². The van der Waals surface area contributed by atoms with Crippen LogP contribution < -0.4 is 10.9 Å². The highest BCUT2D eigenvalue weighted by Gasteiger charge is 2.33. The van der Waals surface area contributed by atoms with Crippen LogP contribution in [0.15, 0.2) is 65.7 Å². The molecular formula is C23H14Cl2F3N3O3. The number of hydrogen-bond donors (Lipinski definition) is 2. The van der Waals surface area contributed by atoms with Gasteiger partial charge in [0.2, 0.25) is 0 Å². The summed E-state index contributed by atoms with van der Waals surface area (Å²) in [5, 5.41) is 12.0. The van der Waals surface area contributed by atoms with E-state index in [0.29, 0.717) is 0 Å². The Labute approximate surface area is 200 Å². The number of phenols is 1. The van der Waals surface area contributed by atoms with Crippen molar-refractivity contribution in [2.24, 2.45) is 0 Å². The maximum atomic E-state index is 13.4. The number of nitrogens with zero attached hydrogens (tertiary/aromatic N) is 2. The van der Waals surface area contributed by atoms with Crippen molar-refractivity contribution in [1.29, 1.82) is 0 Å². The zero-order valence-electron chi connectivity index (χ0n) is 17.0. The molecule has 1 amide bonds. The molecule has 0 radical (unpaired) electrons. The van der Waals surface area contributed by atoms with Crippen LogP contribution in [-0.2, 0) is 12.7 Å². The number of carbonyl (C=O) groups excluding carboxylic acids is 1. The van der Waals surface area contributed by atoms with Gasteiger partial charge in [0.25, 0.3) is 11.5 Å². The Hall–Kier alpha value is -3.56. The van der Waals surface area contributed by atoms with Gasteiger partial charge in [-0.25, -0.2) is 4.98 Å². The molecule has 0 saturated carbocycles. The second-order valence-electron chi connectivity index (χ2n) is 7.27. The van der Waals surface area contributed by atoms with Gasteiger partial charge in [0.1, 0.15) is 0 Å². The topological polar surface area (TPSA) is 84.2 Å². The lowest BCUT2D eigenvalue weighted by Crippen LogP contribution is -2.24. The van der Waals surface area contributed by atoms with Crippen molar-refractivity contribution in [2.45, 2.75) is 12.7 Å². The molecule has 0 aliphatic carbocycles. The molecule has 0 bridgehead atoms. The van der Waals surface area contributed by atoms with E-state index in [4.69, 9.17) is 23.2 Å². The maximum absolute atomic E-state index is 13.4. The number of benzene rings is 3. The first-order chi connectivity index (χ1) is 16.1. The molecule has 0 aliphatic heterocycles. The Morgan fingerprint density at radius 1 is 1.06 bits per heavy atom. The van der Waals surface area contributed by atoms with Crippen LogP contribution in [0.25, 0.3) is 10.9 Å². The largest absolute Gasteiger partial charge is 0.505 e. The number of hydrogen-bond acceptors (Lipinski definition) is 4. The van der Waals surface area contributed by atoms with E-state index in [1.54, 1.807) is 6.07 Å². The van der Waals surface area contributed by atoms with Crippen molar-refractivity contribution < 1.29 is 23.1 Å². The van der Waals surface area contributed by atoms with Crippen molar-refractivity contribution in [3.63, 3.8) is 0 Å². The molecule has 0 aliphatic rings. The van der Waals surface area contributed by atoms with E-state index >= 15 is 0 Å². The van der Waals surface area contributed by atoms with E-state index in [1.165, 1.54) is 42.5 Å². The summed E-state index contributed by atoms with van der Waals surface area (Å²) in [4.78, 5) is 30.1. The third-order valence-electron chi connectivity index (χ3n) is 5.04. The summed E-state index contributed by atoms with van der Waals surface area (Å²) in [6, 6.07) is 11.9. The first kappa shape index (κ1) is 23.6. The Morgan fingerprint density at radius 2 is 1.74 bits per heavy atom. The fourth-order valence-electron chi connectivity index (χ4n) is 3.43. The summed E-state index contributed by atoms with van der Waals surface area (Å²) >= 11 is 11.7. The number of halogens is 5. The number of aromatic hydroxyl groups is 1. The van der Waals surface area contributed by atoms with Gasteiger partial charge in [-0.3, -0.25) is 14.2 Å². The minimum Gasteiger partial charge on any atom is -0.505 e. The van der Waals surface area contributed by atoms with Crippen LogP contribution in [0.4, 0.5) is 18.9 Å². The van der Waals surface area contributed by atoms with Crippen LogP contribution >= 0.6 is 23.2 Å². The molecule has 3 aromatic carbocycles. The van der Waals surface area contributed by atoms with E-state index in [2.05, 4.69) is 10.3 Å². The number of phenolic OH excluding ortho intramolecular Hbond substituents is 1. The normalized spacial score (nSPS) is 11.6. The molecule has 2 N–H and O–H groups in total. The summed E-state index contributed by atoms with van der Waals surface area (Å²) < 4.78 is 41.1. The quantitative estimate of drug-likeness (QED) is 0.369. The predicted molar refractivity (Wildman–Crippen MR) is 123 cm³/mol. The highest BCUT2D eigenvalue weighted by atomic mass is 35.5. The number of amides is 1. The van der Waals surface area contributed by atoms with Gasteiger partial charge in [-0.05, 0) is 35.9 Å². The Morgan fingerprint density at radius 3 is 2.41 bits per heavy atom. The van der Waals surface area contributed by atoms with Crippen LogP contribution in [0, 0.1) is 0 Å². The summed E-state index contributed by atoms with van der Waals surface area (Å²) in [5.41, 5.74) is -1.24. The average molecular weight is 508 g/mol. The molecule has 6 nitrogen and oxygen atoms in total. The van der Waals surface area contributed by atoms with Gasteiger partial charge in [-0.15, -0.1) is 0 Å². The SMILES string of the molecule is O=C(Nc1cccc2ncn(Cc3ccccc3C(F)(F)F)c(=O)c12)c1cc(Cl)c(O)c(Cl)c1. The number of nitrogens with one attached hydrogen (secondary N) is 1. The summed E-state index contributed by atoms with van der Waals surface area (Å²) in [5.74, 6) is -1.05. The van der Waals surface area contributed by atoms with Crippen molar-refractivity contribution in [3.05, 3.63) is 98.0 Å². The van der Waals surface area contributed by atoms with Crippen molar-refractivity contribution >= 4 is 45.7 Å². The molecule has 4 rings (SSSR count). The lowest BCUT2D eigenvalue weighted by molar-refractivity contribution is -0.138. The predicted octanol–water partition coefficient (Wildman–Crippen LogP) is 5.73. The van der Waals surface area contributed by atoms with E-state index in [-0.39, 0.29) is 50.1 Å². The van der Waals surface area contributed by atoms with Gasteiger partial charge in [-0.1, -0.05) is 47.5 Å². The van der Waals surface area contributed by atoms with Crippen molar-refractivity contribution in [3.8, 4) is 5.75 Å². The zero-order chi connectivity index (χ0) is 24.6. The number of fused-ring (bicyclic) bond motifs is 1. The Bertz CT molecular complexity index is 1460. The maximum Gasteiger partial charge on any atom is 0.416 e. The molecule has 0 fully saturated rings. The molecule has 4 aromatic rings. The average Bonchev–Trinajstić information content (AvgIpc) is 2.78. The molecule has 34 heavy (non-hydrogen) atoms. The third-order valence-corrected chi connectivity index (χ3v) is 5.62. The van der Waals surface area contributed by atoms with Crippen molar-refractivity contribution in [2.75, 3.05) is 5.32 Å². The minimum atomic E-state index is -4.59. The summed E-state index contributed by atoms with van der Waals surface area (Å²) in [7, 11) is 0. The minimum absolute atomic E-state index is 0.0128. The highest BCUT2D eigenvalue weighted by Crippen LogP contribution is 2.34. The Kier molecular flexibility index (Phi) is 6.24. The molecule has 0 saturated heterocycles. The van der Waals surface area contributed by atoms with E-state index < -0.39 is 23.2 Å². The molecule has 174 valence electrons. The van der Waals surface area contributed by atoms with Gasteiger partial charge in [-0.2, -0.15) is 13.2 Å². The smallest absolute Gasteiger partial charge is 0.416 e. The van der Waals surface area contributed by atoms with Gasteiger partial charge < -0.3 is 10.4 Å². The number of rotatable bonds is 4. The lowest BCUT2D eigenvalue weighted by Gasteiger charge is -2.15. The first-order valence-corrected chi connectivity index (χ1v) is 10.4. The highest BCUT2D eigenvalue weighted by molar-refractivity contribution is 6.37. The second-order valence-corrected chi connectivity index (χ2v) is 8.09. The standard InChI is InChI=1S/C23H14Cl2F3N3O3/c24-15-8-13(9-16(25)20(15)32)21(33)30-18-7-3-6-17-19(18)22(34)31(11-29-17)10-12-4-1-2-5-14(12)23(26,27)28/h1-9,11,32H,10H2,(H,30,33).